The molecule has 0 amide bonds. The monoisotopic (exact) mass is 378 g/mol. The van der Waals surface area contributed by atoms with E-state index in [0.29, 0.717) is 0 Å². The number of nitrogens with zero attached hydrogens (tertiary/aromatic N) is 2. The Balaban J connectivity index is 1.82. The molecule has 0 aromatic heterocycles. The average molecular weight is 379 g/mol. The van der Waals surface area contributed by atoms with E-state index in [1.54, 1.807) is 0 Å². The van der Waals surface area contributed by atoms with Crippen molar-refractivity contribution in [3.05, 3.63) is 12.4 Å². The van der Waals surface area contributed by atoms with Crippen LogP contribution in [0, 0.1) is 0 Å². The Morgan fingerprint density at radius 2 is 0.741 bits per heavy atom. The van der Waals surface area contributed by atoms with E-state index >= 15 is 0 Å². The highest BCUT2D eigenvalue weighted by atomic mass is 15.3. The van der Waals surface area contributed by atoms with Gasteiger partial charge in [-0.3, -0.25) is 0 Å². The third kappa shape index (κ3) is 15.0. The molecule has 0 fully saturated rings. The number of hydrogen-bond acceptors (Lipinski definition) is 2. The Morgan fingerprint density at radius 1 is 0.444 bits per heavy atom. The molecule has 0 aromatic carbocycles. The lowest BCUT2D eigenvalue weighted by Crippen LogP contribution is -2.26. The zero-order valence-electron chi connectivity index (χ0n) is 18.9. The predicted molar refractivity (Wildman–Crippen MR) is 122 cm³/mol. The van der Waals surface area contributed by atoms with Crippen LogP contribution in [-0.2, 0) is 0 Å². The number of unbranched alkanes of at least 4 members (excludes halogenated alkanes) is 16. The van der Waals surface area contributed by atoms with Crippen molar-refractivity contribution < 1.29 is 0 Å². The molecule has 1 rings (SSSR count). The maximum atomic E-state index is 2.51. The minimum absolute atomic E-state index is 1.13. The molecular weight excluding hydrogens is 328 g/mol. The molecule has 2 nitrogen and oxygen atoms in total. The van der Waals surface area contributed by atoms with Gasteiger partial charge in [0.05, 0.1) is 6.67 Å². The molecule has 0 saturated carbocycles. The fraction of sp³-hybridized carbons (Fsp3) is 0.920. The molecule has 0 unspecified atom stereocenters. The quantitative estimate of drug-likeness (QED) is 0.197. The van der Waals surface area contributed by atoms with Crippen molar-refractivity contribution in [3.63, 3.8) is 0 Å². The zero-order chi connectivity index (χ0) is 19.4. The van der Waals surface area contributed by atoms with Crippen LogP contribution in [0.15, 0.2) is 12.4 Å². The summed E-state index contributed by atoms with van der Waals surface area (Å²) in [6, 6.07) is 0. The summed E-state index contributed by atoms with van der Waals surface area (Å²) >= 11 is 0. The van der Waals surface area contributed by atoms with Gasteiger partial charge in [-0.05, 0) is 12.8 Å². The Labute approximate surface area is 171 Å². The smallest absolute Gasteiger partial charge is 0.0893 e. The van der Waals surface area contributed by atoms with Crippen molar-refractivity contribution >= 4 is 0 Å². The van der Waals surface area contributed by atoms with Crippen LogP contribution in [0.3, 0.4) is 0 Å². The predicted octanol–water partition coefficient (Wildman–Crippen LogP) is 8.09. The van der Waals surface area contributed by atoms with E-state index in [1.165, 1.54) is 129 Å². The van der Waals surface area contributed by atoms with Gasteiger partial charge >= 0.3 is 0 Å². The maximum absolute atomic E-state index is 2.51. The summed E-state index contributed by atoms with van der Waals surface area (Å²) in [6.07, 6.45) is 30.3. The lowest BCUT2D eigenvalue weighted by molar-refractivity contribution is 0.257. The minimum atomic E-state index is 1.13. The van der Waals surface area contributed by atoms with Crippen molar-refractivity contribution in [1.82, 2.24) is 9.80 Å². The van der Waals surface area contributed by atoms with Gasteiger partial charge in [-0.2, -0.15) is 0 Å². The third-order valence-electron chi connectivity index (χ3n) is 5.95. The van der Waals surface area contributed by atoms with Crippen LogP contribution in [0.1, 0.15) is 129 Å². The van der Waals surface area contributed by atoms with Crippen molar-refractivity contribution in [2.24, 2.45) is 0 Å². The fourth-order valence-electron chi connectivity index (χ4n) is 4.06. The van der Waals surface area contributed by atoms with Crippen LogP contribution in [-0.4, -0.2) is 29.6 Å². The second-order valence-corrected chi connectivity index (χ2v) is 8.72. The van der Waals surface area contributed by atoms with Gasteiger partial charge in [-0.25, -0.2) is 0 Å². The average Bonchev–Trinajstić information content (AvgIpc) is 3.13. The molecule has 0 radical (unpaired) electrons. The molecular formula is C25H50N2. The Bertz CT molecular complexity index is 296. The van der Waals surface area contributed by atoms with E-state index in [9.17, 15) is 0 Å². The molecule has 27 heavy (non-hydrogen) atoms. The highest BCUT2D eigenvalue weighted by molar-refractivity contribution is 4.90. The largest absolute Gasteiger partial charge is 0.359 e. The van der Waals surface area contributed by atoms with Crippen molar-refractivity contribution in [2.45, 2.75) is 129 Å². The summed E-state index contributed by atoms with van der Waals surface area (Å²) in [6.45, 7) is 8.23. The van der Waals surface area contributed by atoms with Gasteiger partial charge in [0.15, 0.2) is 0 Å². The molecule has 1 heterocycles. The molecule has 0 aromatic rings. The molecule has 0 N–H and O–H groups in total. The summed E-state index contributed by atoms with van der Waals surface area (Å²) in [5.74, 6) is 0. The fourth-order valence-corrected chi connectivity index (χ4v) is 4.06. The summed E-state index contributed by atoms with van der Waals surface area (Å²) in [5, 5.41) is 0. The summed E-state index contributed by atoms with van der Waals surface area (Å²) in [7, 11) is 0. The Kier molecular flexibility index (Phi) is 16.9. The molecule has 0 atom stereocenters. The summed E-state index contributed by atoms with van der Waals surface area (Å²) in [5.41, 5.74) is 0. The molecule has 0 aliphatic carbocycles. The van der Waals surface area contributed by atoms with Gasteiger partial charge in [-0.1, -0.05) is 117 Å². The van der Waals surface area contributed by atoms with E-state index in [0.717, 1.165) is 6.67 Å². The first-order chi connectivity index (χ1) is 13.4. The van der Waals surface area contributed by atoms with Gasteiger partial charge in [0, 0.05) is 25.5 Å². The summed E-state index contributed by atoms with van der Waals surface area (Å²) in [4.78, 5) is 5.02. The van der Waals surface area contributed by atoms with Gasteiger partial charge in [-0.15, -0.1) is 0 Å². The third-order valence-corrected chi connectivity index (χ3v) is 5.95. The zero-order valence-corrected chi connectivity index (χ0v) is 18.9. The number of hydrogen-bond donors (Lipinski definition) is 0. The number of rotatable bonds is 20. The van der Waals surface area contributed by atoms with E-state index in [4.69, 9.17) is 0 Å². The Hall–Kier alpha value is -0.660. The van der Waals surface area contributed by atoms with E-state index in [2.05, 4.69) is 36.0 Å². The minimum Gasteiger partial charge on any atom is -0.359 e. The van der Waals surface area contributed by atoms with Gasteiger partial charge in [0.1, 0.15) is 0 Å². The summed E-state index contributed by atoms with van der Waals surface area (Å²) < 4.78 is 0. The first-order valence-corrected chi connectivity index (χ1v) is 12.5. The van der Waals surface area contributed by atoms with Crippen LogP contribution in [0.2, 0.25) is 0 Å². The van der Waals surface area contributed by atoms with Gasteiger partial charge in [0.25, 0.3) is 0 Å². The second-order valence-electron chi connectivity index (χ2n) is 8.72. The maximum Gasteiger partial charge on any atom is 0.0893 e. The van der Waals surface area contributed by atoms with Crippen LogP contribution >= 0.6 is 0 Å². The van der Waals surface area contributed by atoms with Crippen LogP contribution in [0.5, 0.6) is 0 Å². The molecule has 160 valence electrons. The van der Waals surface area contributed by atoms with Gasteiger partial charge in [0.2, 0.25) is 0 Å². The molecule has 0 saturated heterocycles. The normalized spacial score (nSPS) is 13.9. The lowest BCUT2D eigenvalue weighted by atomic mass is 10.1. The standard InChI is InChI=1S/C25H50N2/c1-3-5-7-9-11-13-15-17-19-21-26-23-24-27(25-26)22-20-18-16-14-12-10-8-6-4-2/h23-24H,3-22,25H2,1-2H3. The van der Waals surface area contributed by atoms with E-state index < -0.39 is 0 Å². The first kappa shape index (κ1) is 24.4. The van der Waals surface area contributed by atoms with Crippen LogP contribution in [0.4, 0.5) is 0 Å². The lowest BCUT2D eigenvalue weighted by Gasteiger charge is -2.21. The molecule has 0 bridgehead atoms. The van der Waals surface area contributed by atoms with Crippen LogP contribution in [0.25, 0.3) is 0 Å². The van der Waals surface area contributed by atoms with Crippen molar-refractivity contribution in [3.8, 4) is 0 Å². The highest BCUT2D eigenvalue weighted by Crippen LogP contribution is 2.14. The van der Waals surface area contributed by atoms with Crippen molar-refractivity contribution in [1.29, 1.82) is 0 Å². The van der Waals surface area contributed by atoms with E-state index in [1.807, 2.05) is 0 Å². The molecule has 2 heteroatoms. The van der Waals surface area contributed by atoms with Gasteiger partial charge < -0.3 is 9.80 Å². The second kappa shape index (κ2) is 18.7. The highest BCUT2D eigenvalue weighted by Gasteiger charge is 2.10. The first-order valence-electron chi connectivity index (χ1n) is 12.5. The molecule has 1 aliphatic heterocycles. The Morgan fingerprint density at radius 3 is 1.07 bits per heavy atom. The SMILES string of the molecule is CCCCCCCCCCCN1C=CN(CCCCCCCCCCC)C1. The van der Waals surface area contributed by atoms with Crippen molar-refractivity contribution in [2.75, 3.05) is 19.8 Å². The molecule has 0 spiro atoms. The molecule has 1 aliphatic rings. The van der Waals surface area contributed by atoms with E-state index in [-0.39, 0.29) is 0 Å². The topological polar surface area (TPSA) is 6.48 Å². The van der Waals surface area contributed by atoms with Crippen LogP contribution < -0.4 is 0 Å².